The first-order valence-electron chi connectivity index (χ1n) is 9.91. The van der Waals surface area contributed by atoms with Gasteiger partial charge >= 0.3 is 11.9 Å². The molecule has 6 nitrogen and oxygen atoms in total. The van der Waals surface area contributed by atoms with E-state index in [9.17, 15) is 9.59 Å². The van der Waals surface area contributed by atoms with Crippen LogP contribution in [0.15, 0.2) is 0 Å². The predicted octanol–water partition coefficient (Wildman–Crippen LogP) is 4.91. The molecule has 1 aromatic rings. The third kappa shape index (κ3) is 7.05. The van der Waals surface area contributed by atoms with Crippen molar-refractivity contribution in [1.82, 2.24) is 5.32 Å². The second-order valence-electron chi connectivity index (χ2n) is 6.45. The van der Waals surface area contributed by atoms with Crippen LogP contribution in [-0.2, 0) is 9.47 Å². The number of ether oxygens (including phenoxy) is 2. The molecule has 1 aromatic heterocycles. The highest BCUT2D eigenvalue weighted by atomic mass is 32.1. The second kappa shape index (κ2) is 12.7. The summed E-state index contributed by atoms with van der Waals surface area (Å²) in [5, 5.41) is 7.23. The molecule has 0 bridgehead atoms. The van der Waals surface area contributed by atoms with Crippen LogP contribution < -0.4 is 10.6 Å². The fourth-order valence-corrected chi connectivity index (χ4v) is 4.11. The van der Waals surface area contributed by atoms with E-state index in [1.54, 1.807) is 20.8 Å². The van der Waals surface area contributed by atoms with Gasteiger partial charge in [-0.15, -0.1) is 11.3 Å². The lowest BCUT2D eigenvalue weighted by Gasteiger charge is -2.17. The van der Waals surface area contributed by atoms with Crippen molar-refractivity contribution in [3.63, 3.8) is 0 Å². The molecule has 2 N–H and O–H groups in total. The first kappa shape index (κ1) is 24.4. The second-order valence-corrected chi connectivity index (χ2v) is 7.88. The highest BCUT2D eigenvalue weighted by Crippen LogP contribution is 2.34. The van der Waals surface area contributed by atoms with Crippen LogP contribution in [0.1, 0.15) is 79.0 Å². The maximum absolute atomic E-state index is 12.4. The fraction of sp³-hybridized carbons (Fsp3) is 0.650. The molecule has 0 aliphatic heterocycles. The number of hydrogen-bond acceptors (Lipinski definition) is 6. The molecule has 28 heavy (non-hydrogen) atoms. The molecule has 1 rings (SSSR count). The Bertz CT molecular complexity index is 673. The highest BCUT2D eigenvalue weighted by molar-refractivity contribution is 7.80. The van der Waals surface area contributed by atoms with Gasteiger partial charge in [0.05, 0.1) is 18.8 Å². The van der Waals surface area contributed by atoms with Gasteiger partial charge in [0.2, 0.25) is 0 Å². The normalized spacial score (nSPS) is 11.6. The Morgan fingerprint density at radius 1 is 1.11 bits per heavy atom. The monoisotopic (exact) mass is 428 g/mol. The standard InChI is InChI=1S/C20H32N2O4S2/c1-6-10-11-14(7-2)12-21-20(27)22-17-15(18(23)25-8-3)13(5)16(28-17)19(24)26-9-4/h14H,6-12H2,1-5H3,(H2,21,22,27). The minimum Gasteiger partial charge on any atom is -0.462 e. The molecule has 0 saturated carbocycles. The van der Waals surface area contributed by atoms with Gasteiger partial charge in [-0.2, -0.15) is 0 Å². The summed E-state index contributed by atoms with van der Waals surface area (Å²) in [5.41, 5.74) is 0.874. The van der Waals surface area contributed by atoms with Gasteiger partial charge in [0.25, 0.3) is 0 Å². The first-order valence-corrected chi connectivity index (χ1v) is 11.1. The minimum absolute atomic E-state index is 0.251. The maximum atomic E-state index is 12.4. The quantitative estimate of drug-likeness (QED) is 0.383. The van der Waals surface area contributed by atoms with Gasteiger partial charge in [0, 0.05) is 6.54 Å². The van der Waals surface area contributed by atoms with Crippen molar-refractivity contribution in [1.29, 1.82) is 0 Å². The van der Waals surface area contributed by atoms with Crippen LogP contribution in [0.25, 0.3) is 0 Å². The zero-order chi connectivity index (χ0) is 21.1. The van der Waals surface area contributed by atoms with E-state index >= 15 is 0 Å². The molecule has 1 atom stereocenters. The molecular formula is C20H32N2O4S2. The smallest absolute Gasteiger partial charge is 0.348 e. The third-order valence-electron chi connectivity index (χ3n) is 4.41. The van der Waals surface area contributed by atoms with Crippen LogP contribution in [-0.4, -0.2) is 36.8 Å². The van der Waals surface area contributed by atoms with Crippen LogP contribution in [0.2, 0.25) is 0 Å². The van der Waals surface area contributed by atoms with E-state index in [-0.39, 0.29) is 13.2 Å². The molecule has 1 unspecified atom stereocenters. The van der Waals surface area contributed by atoms with Gasteiger partial charge in [-0.25, -0.2) is 9.59 Å². The average Bonchev–Trinajstić information content (AvgIpc) is 2.98. The molecule has 0 radical (unpaired) electrons. The van der Waals surface area contributed by atoms with Gasteiger partial charge in [-0.3, -0.25) is 0 Å². The van der Waals surface area contributed by atoms with Crippen molar-refractivity contribution >= 4 is 45.6 Å². The molecule has 0 aromatic carbocycles. The topological polar surface area (TPSA) is 76.7 Å². The molecule has 0 amide bonds. The number of carbonyl (C=O) groups is 2. The number of nitrogens with one attached hydrogen (secondary N) is 2. The number of esters is 2. The number of rotatable bonds is 11. The molecule has 158 valence electrons. The van der Waals surface area contributed by atoms with Crippen LogP contribution in [0, 0.1) is 12.8 Å². The molecule has 8 heteroatoms. The zero-order valence-electron chi connectivity index (χ0n) is 17.5. The number of anilines is 1. The molecule has 0 aliphatic rings. The first-order chi connectivity index (χ1) is 13.4. The number of thiocarbonyl (C=S) groups is 1. The SMILES string of the molecule is CCCCC(CC)CNC(=S)Nc1sc(C(=O)OCC)c(C)c1C(=O)OCC. The molecule has 0 saturated heterocycles. The Morgan fingerprint density at radius 3 is 2.32 bits per heavy atom. The Morgan fingerprint density at radius 2 is 1.75 bits per heavy atom. The summed E-state index contributed by atoms with van der Waals surface area (Å²) >= 11 is 6.57. The van der Waals surface area contributed by atoms with Crippen molar-refractivity contribution in [3.05, 3.63) is 16.0 Å². The summed E-state index contributed by atoms with van der Waals surface area (Å²) in [4.78, 5) is 25.0. The van der Waals surface area contributed by atoms with Crippen LogP contribution in [0.5, 0.6) is 0 Å². The van der Waals surface area contributed by atoms with Crippen molar-refractivity contribution in [2.45, 2.75) is 60.3 Å². The molecular weight excluding hydrogens is 396 g/mol. The van der Waals surface area contributed by atoms with Crippen LogP contribution in [0.4, 0.5) is 5.00 Å². The summed E-state index contributed by atoms with van der Waals surface area (Å²) in [6.07, 6.45) is 4.60. The highest BCUT2D eigenvalue weighted by Gasteiger charge is 2.26. The summed E-state index contributed by atoms with van der Waals surface area (Å²) in [6, 6.07) is 0. The lowest BCUT2D eigenvalue weighted by atomic mass is 9.99. The fourth-order valence-electron chi connectivity index (χ4n) is 2.77. The lowest BCUT2D eigenvalue weighted by molar-refractivity contribution is 0.0527. The van der Waals surface area contributed by atoms with Gasteiger partial charge in [-0.1, -0.05) is 33.1 Å². The van der Waals surface area contributed by atoms with Crippen molar-refractivity contribution in [2.75, 3.05) is 25.1 Å². The van der Waals surface area contributed by atoms with Crippen molar-refractivity contribution < 1.29 is 19.1 Å². The summed E-state index contributed by atoms with van der Waals surface area (Å²) in [6.45, 7) is 10.8. The summed E-state index contributed by atoms with van der Waals surface area (Å²) < 4.78 is 10.3. The van der Waals surface area contributed by atoms with Crippen LogP contribution in [0.3, 0.4) is 0 Å². The van der Waals surface area contributed by atoms with E-state index in [1.165, 1.54) is 12.8 Å². The largest absolute Gasteiger partial charge is 0.462 e. The van der Waals surface area contributed by atoms with E-state index in [1.807, 2.05) is 0 Å². The van der Waals surface area contributed by atoms with Crippen LogP contribution >= 0.6 is 23.6 Å². The summed E-state index contributed by atoms with van der Waals surface area (Å²) in [5.74, 6) is -0.385. The minimum atomic E-state index is -0.480. The number of carbonyl (C=O) groups excluding carboxylic acids is 2. The number of unbranched alkanes of at least 4 members (excludes halogenated alkanes) is 1. The molecule has 0 spiro atoms. The van der Waals surface area contributed by atoms with Crippen molar-refractivity contribution in [2.24, 2.45) is 5.92 Å². The van der Waals surface area contributed by atoms with E-state index in [2.05, 4.69) is 24.5 Å². The Labute approximate surface area is 177 Å². The van der Waals surface area contributed by atoms with Gasteiger partial charge in [0.15, 0.2) is 5.11 Å². The molecule has 1 heterocycles. The van der Waals surface area contributed by atoms with Gasteiger partial charge in [-0.05, 0) is 50.9 Å². The predicted molar refractivity (Wildman–Crippen MR) is 118 cm³/mol. The Kier molecular flexibility index (Phi) is 11.1. The summed E-state index contributed by atoms with van der Waals surface area (Å²) in [7, 11) is 0. The van der Waals surface area contributed by atoms with Crippen molar-refractivity contribution in [3.8, 4) is 0 Å². The molecule has 0 fully saturated rings. The van der Waals surface area contributed by atoms with Gasteiger partial charge in [0.1, 0.15) is 9.88 Å². The maximum Gasteiger partial charge on any atom is 0.348 e. The number of hydrogen-bond donors (Lipinski definition) is 2. The average molecular weight is 429 g/mol. The van der Waals surface area contributed by atoms with E-state index in [4.69, 9.17) is 21.7 Å². The van der Waals surface area contributed by atoms with Gasteiger partial charge < -0.3 is 20.1 Å². The Hall–Kier alpha value is -1.67. The van der Waals surface area contributed by atoms with E-state index in [0.717, 1.165) is 30.7 Å². The zero-order valence-corrected chi connectivity index (χ0v) is 19.1. The lowest BCUT2D eigenvalue weighted by Crippen LogP contribution is -2.33. The Balaban J connectivity index is 2.95. The van der Waals surface area contributed by atoms with E-state index < -0.39 is 11.9 Å². The third-order valence-corrected chi connectivity index (χ3v) is 5.84. The number of thiophene rings is 1. The van der Waals surface area contributed by atoms with E-state index in [0.29, 0.717) is 32.0 Å². The molecule has 0 aliphatic carbocycles.